The Morgan fingerprint density at radius 2 is 1.78 bits per heavy atom. The summed E-state index contributed by atoms with van der Waals surface area (Å²) in [7, 11) is 0. The molecule has 2 nitrogen and oxygen atoms in total. The molecule has 18 heavy (non-hydrogen) atoms. The molecule has 3 rings (SSSR count). The Hall–Kier alpha value is -1.28. The maximum atomic E-state index is 6.33. The highest BCUT2D eigenvalue weighted by atomic mass is 35.5. The average molecular weight is 261 g/mol. The highest BCUT2D eigenvalue weighted by Gasteiger charge is 2.19. The first-order valence-corrected chi connectivity index (χ1v) is 7.03. The molecular formula is C15H17ClN2. The lowest BCUT2D eigenvalue weighted by Gasteiger charge is -2.22. The summed E-state index contributed by atoms with van der Waals surface area (Å²) in [6, 6.07) is 12.7. The summed E-state index contributed by atoms with van der Waals surface area (Å²) in [4.78, 5) is 0. The van der Waals surface area contributed by atoms with E-state index in [0.717, 1.165) is 16.4 Å². The Bertz CT molecular complexity index is 513. The first kappa shape index (κ1) is 11.8. The first-order valence-electron chi connectivity index (χ1n) is 6.65. The van der Waals surface area contributed by atoms with Gasteiger partial charge in [-0.05, 0) is 12.8 Å². The van der Waals surface area contributed by atoms with Crippen LogP contribution in [0.15, 0.2) is 36.4 Å². The maximum Gasteiger partial charge on any atom is 0.128 e. The minimum atomic E-state index is 0.490. The number of aromatic nitrogens is 2. The van der Waals surface area contributed by atoms with Gasteiger partial charge in [-0.3, -0.25) is 4.68 Å². The SMILES string of the molecule is Clc1cc(-c2ccccc2)nn1C1CCCCC1. The Kier molecular flexibility index (Phi) is 3.37. The minimum Gasteiger partial charge on any atom is -0.250 e. The lowest BCUT2D eigenvalue weighted by molar-refractivity contribution is 0.330. The lowest BCUT2D eigenvalue weighted by Crippen LogP contribution is -2.14. The molecule has 0 saturated heterocycles. The van der Waals surface area contributed by atoms with Crippen molar-refractivity contribution < 1.29 is 0 Å². The van der Waals surface area contributed by atoms with E-state index in [9.17, 15) is 0 Å². The molecule has 1 aromatic carbocycles. The summed E-state index contributed by atoms with van der Waals surface area (Å²) in [5, 5.41) is 5.45. The van der Waals surface area contributed by atoms with Crippen LogP contribution in [0.1, 0.15) is 38.1 Å². The van der Waals surface area contributed by atoms with Gasteiger partial charge in [0.15, 0.2) is 0 Å². The Morgan fingerprint density at radius 1 is 1.06 bits per heavy atom. The molecule has 0 bridgehead atoms. The molecule has 0 atom stereocenters. The molecule has 1 fully saturated rings. The Labute approximate surface area is 113 Å². The van der Waals surface area contributed by atoms with E-state index in [0.29, 0.717) is 6.04 Å². The number of halogens is 1. The van der Waals surface area contributed by atoms with Crippen LogP contribution in [0, 0.1) is 0 Å². The summed E-state index contributed by atoms with van der Waals surface area (Å²) >= 11 is 6.33. The van der Waals surface area contributed by atoms with Crippen LogP contribution in [0.3, 0.4) is 0 Å². The number of hydrogen-bond acceptors (Lipinski definition) is 1. The van der Waals surface area contributed by atoms with Gasteiger partial charge in [0.2, 0.25) is 0 Å². The molecule has 94 valence electrons. The number of benzene rings is 1. The zero-order chi connectivity index (χ0) is 12.4. The zero-order valence-corrected chi connectivity index (χ0v) is 11.1. The second kappa shape index (κ2) is 5.15. The molecule has 1 aliphatic carbocycles. The predicted octanol–water partition coefficient (Wildman–Crippen LogP) is 4.71. The quantitative estimate of drug-likeness (QED) is 0.765. The topological polar surface area (TPSA) is 17.8 Å². The summed E-state index contributed by atoms with van der Waals surface area (Å²) in [5.41, 5.74) is 2.11. The van der Waals surface area contributed by atoms with Crippen molar-refractivity contribution in [3.63, 3.8) is 0 Å². The van der Waals surface area contributed by atoms with Gasteiger partial charge in [0.1, 0.15) is 5.15 Å². The van der Waals surface area contributed by atoms with Crippen molar-refractivity contribution in [3.05, 3.63) is 41.6 Å². The van der Waals surface area contributed by atoms with Crippen molar-refractivity contribution in [1.29, 1.82) is 0 Å². The number of rotatable bonds is 2. The van der Waals surface area contributed by atoms with Crippen LogP contribution in [0.4, 0.5) is 0 Å². The van der Waals surface area contributed by atoms with Gasteiger partial charge in [-0.1, -0.05) is 61.2 Å². The van der Waals surface area contributed by atoms with Crippen LogP contribution in [-0.2, 0) is 0 Å². The summed E-state index contributed by atoms with van der Waals surface area (Å²) in [5.74, 6) is 0. The van der Waals surface area contributed by atoms with Gasteiger partial charge < -0.3 is 0 Å². The van der Waals surface area contributed by atoms with E-state index in [1.807, 2.05) is 28.9 Å². The fourth-order valence-electron chi connectivity index (χ4n) is 2.70. The van der Waals surface area contributed by atoms with Crippen molar-refractivity contribution >= 4 is 11.6 Å². The second-order valence-electron chi connectivity index (χ2n) is 4.95. The van der Waals surface area contributed by atoms with Gasteiger partial charge >= 0.3 is 0 Å². The fraction of sp³-hybridized carbons (Fsp3) is 0.400. The Morgan fingerprint density at radius 3 is 2.50 bits per heavy atom. The highest BCUT2D eigenvalue weighted by molar-refractivity contribution is 6.29. The Balaban J connectivity index is 1.91. The first-order chi connectivity index (χ1) is 8.84. The van der Waals surface area contributed by atoms with Gasteiger partial charge in [-0.25, -0.2) is 0 Å². The fourth-order valence-corrected chi connectivity index (χ4v) is 2.98. The molecule has 1 heterocycles. The van der Waals surface area contributed by atoms with Gasteiger partial charge in [0.05, 0.1) is 11.7 Å². The largest absolute Gasteiger partial charge is 0.250 e. The van der Waals surface area contributed by atoms with Gasteiger partial charge in [-0.15, -0.1) is 0 Å². The molecule has 2 aromatic rings. The van der Waals surface area contributed by atoms with E-state index < -0.39 is 0 Å². The third kappa shape index (κ3) is 2.30. The average Bonchev–Trinajstić information content (AvgIpc) is 2.83. The van der Waals surface area contributed by atoms with E-state index >= 15 is 0 Å². The molecule has 1 aliphatic rings. The summed E-state index contributed by atoms with van der Waals surface area (Å²) < 4.78 is 2.02. The third-order valence-corrected chi connectivity index (χ3v) is 3.96. The summed E-state index contributed by atoms with van der Waals surface area (Å²) in [6.45, 7) is 0. The molecular weight excluding hydrogens is 244 g/mol. The normalized spacial score (nSPS) is 16.9. The van der Waals surface area contributed by atoms with Crippen LogP contribution < -0.4 is 0 Å². The van der Waals surface area contributed by atoms with Crippen LogP contribution in [-0.4, -0.2) is 9.78 Å². The molecule has 1 saturated carbocycles. The standard InChI is InChI=1S/C15H17ClN2/c16-15-11-14(12-7-3-1-4-8-12)17-18(15)13-9-5-2-6-10-13/h1,3-4,7-8,11,13H,2,5-6,9-10H2. The van der Waals surface area contributed by atoms with Crippen molar-refractivity contribution in [1.82, 2.24) is 9.78 Å². The van der Waals surface area contributed by atoms with Crippen molar-refractivity contribution in [2.24, 2.45) is 0 Å². The number of hydrogen-bond donors (Lipinski definition) is 0. The monoisotopic (exact) mass is 260 g/mol. The molecule has 1 aromatic heterocycles. The third-order valence-electron chi connectivity index (χ3n) is 3.68. The van der Waals surface area contributed by atoms with Crippen molar-refractivity contribution in [2.45, 2.75) is 38.1 Å². The van der Waals surface area contributed by atoms with Gasteiger partial charge in [-0.2, -0.15) is 5.10 Å². The van der Waals surface area contributed by atoms with Crippen LogP contribution in [0.5, 0.6) is 0 Å². The molecule has 0 amide bonds. The molecule has 0 aliphatic heterocycles. The van der Waals surface area contributed by atoms with Gasteiger partial charge in [0.25, 0.3) is 0 Å². The number of nitrogens with zero attached hydrogens (tertiary/aromatic N) is 2. The summed E-state index contributed by atoms with van der Waals surface area (Å²) in [6.07, 6.45) is 6.34. The van der Waals surface area contributed by atoms with E-state index in [1.54, 1.807) is 0 Å². The smallest absolute Gasteiger partial charge is 0.128 e. The van der Waals surface area contributed by atoms with E-state index in [1.165, 1.54) is 32.1 Å². The maximum absolute atomic E-state index is 6.33. The van der Waals surface area contributed by atoms with E-state index in [2.05, 4.69) is 17.2 Å². The van der Waals surface area contributed by atoms with Crippen molar-refractivity contribution in [2.75, 3.05) is 0 Å². The van der Waals surface area contributed by atoms with Crippen LogP contribution in [0.25, 0.3) is 11.3 Å². The lowest BCUT2D eigenvalue weighted by atomic mass is 9.96. The molecule has 0 radical (unpaired) electrons. The minimum absolute atomic E-state index is 0.490. The van der Waals surface area contributed by atoms with Crippen molar-refractivity contribution in [3.8, 4) is 11.3 Å². The second-order valence-corrected chi connectivity index (χ2v) is 5.34. The van der Waals surface area contributed by atoms with Crippen LogP contribution in [0.2, 0.25) is 5.15 Å². The zero-order valence-electron chi connectivity index (χ0n) is 10.3. The molecule has 0 N–H and O–H groups in total. The molecule has 3 heteroatoms. The van der Waals surface area contributed by atoms with E-state index in [-0.39, 0.29) is 0 Å². The highest BCUT2D eigenvalue weighted by Crippen LogP contribution is 2.32. The van der Waals surface area contributed by atoms with Crippen LogP contribution >= 0.6 is 11.6 Å². The van der Waals surface area contributed by atoms with Gasteiger partial charge in [0, 0.05) is 11.6 Å². The van der Waals surface area contributed by atoms with E-state index in [4.69, 9.17) is 11.6 Å². The molecule has 0 spiro atoms. The molecule has 0 unspecified atom stereocenters. The predicted molar refractivity (Wildman–Crippen MR) is 74.8 cm³/mol.